The van der Waals surface area contributed by atoms with Crippen LogP contribution >= 0.6 is 39.0 Å². The molecule has 0 saturated carbocycles. The Bertz CT molecular complexity index is 807. The average Bonchev–Trinajstić information content (AvgIpc) is 3.08. The van der Waals surface area contributed by atoms with Crippen LogP contribution in [0.15, 0.2) is 61.4 Å². The van der Waals surface area contributed by atoms with Gasteiger partial charge in [0.15, 0.2) is 9.01 Å². The molecule has 106 valence electrons. The van der Waals surface area contributed by atoms with Gasteiger partial charge < -0.3 is 4.42 Å². The molecule has 21 heavy (non-hydrogen) atoms. The van der Waals surface area contributed by atoms with Crippen LogP contribution in [0.2, 0.25) is 0 Å². The van der Waals surface area contributed by atoms with Crippen molar-refractivity contribution >= 4 is 61.1 Å². The third kappa shape index (κ3) is 3.64. The first-order chi connectivity index (χ1) is 10.2. The molecule has 3 rings (SSSR count). The van der Waals surface area contributed by atoms with Gasteiger partial charge in [-0.15, -0.1) is 17.9 Å². The predicted molar refractivity (Wildman–Crippen MR) is 94.2 cm³/mol. The molecule has 0 spiro atoms. The Morgan fingerprint density at radius 3 is 3.05 bits per heavy atom. The van der Waals surface area contributed by atoms with Crippen molar-refractivity contribution in [2.24, 2.45) is 4.99 Å². The summed E-state index contributed by atoms with van der Waals surface area (Å²) in [4.78, 5) is 9.00. The first-order valence-electron chi connectivity index (χ1n) is 6.18. The summed E-state index contributed by atoms with van der Waals surface area (Å²) in [6.07, 6.45) is 3.59. The topological polar surface area (TPSA) is 38.4 Å². The summed E-state index contributed by atoms with van der Waals surface area (Å²) in [7, 11) is 0. The lowest BCUT2D eigenvalue weighted by molar-refractivity contribution is 0.535. The highest BCUT2D eigenvalue weighted by Crippen LogP contribution is 2.31. The van der Waals surface area contributed by atoms with Gasteiger partial charge in [0, 0.05) is 5.75 Å². The zero-order valence-electron chi connectivity index (χ0n) is 11.0. The molecule has 0 radical (unpaired) electrons. The van der Waals surface area contributed by atoms with Crippen LogP contribution in [-0.2, 0) is 0 Å². The van der Waals surface area contributed by atoms with Gasteiger partial charge in [-0.1, -0.05) is 17.8 Å². The molecule has 0 saturated heterocycles. The third-order valence-electron chi connectivity index (χ3n) is 2.61. The summed E-state index contributed by atoms with van der Waals surface area (Å²) >= 11 is 6.64. The predicted octanol–water partition coefficient (Wildman–Crippen LogP) is 5.68. The monoisotopic (exact) mass is 378 g/mol. The van der Waals surface area contributed by atoms with E-state index in [1.54, 1.807) is 29.3 Å². The minimum atomic E-state index is 0.700. The molecule has 0 amide bonds. The van der Waals surface area contributed by atoms with Gasteiger partial charge in [0.05, 0.1) is 22.1 Å². The molecule has 1 aromatic carbocycles. The molecule has 0 aliphatic rings. The first kappa shape index (κ1) is 14.6. The number of furan rings is 1. The van der Waals surface area contributed by atoms with Gasteiger partial charge in [0.25, 0.3) is 0 Å². The van der Waals surface area contributed by atoms with Gasteiger partial charge in [-0.2, -0.15) is 0 Å². The van der Waals surface area contributed by atoms with Crippen LogP contribution in [0.25, 0.3) is 10.2 Å². The van der Waals surface area contributed by atoms with Crippen molar-refractivity contribution in [1.29, 1.82) is 0 Å². The summed E-state index contributed by atoms with van der Waals surface area (Å²) in [6, 6.07) is 9.70. The normalized spacial score (nSPS) is 11.5. The summed E-state index contributed by atoms with van der Waals surface area (Å²) in [5.41, 5.74) is 1.89. The second-order valence-corrected chi connectivity index (χ2v) is 7.21. The number of nitrogens with zero attached hydrogens (tertiary/aromatic N) is 2. The van der Waals surface area contributed by atoms with Gasteiger partial charge in [-0.3, -0.25) is 4.99 Å². The molecule has 6 heteroatoms. The zero-order valence-corrected chi connectivity index (χ0v) is 14.2. The van der Waals surface area contributed by atoms with Crippen LogP contribution in [0, 0.1) is 0 Å². The number of aliphatic imine (C=N–C) groups is 1. The largest absolute Gasteiger partial charge is 0.448 e. The van der Waals surface area contributed by atoms with E-state index >= 15 is 0 Å². The highest BCUT2D eigenvalue weighted by Gasteiger charge is 2.04. The van der Waals surface area contributed by atoms with E-state index < -0.39 is 0 Å². The lowest BCUT2D eigenvalue weighted by Crippen LogP contribution is -1.74. The highest BCUT2D eigenvalue weighted by atomic mass is 79.9. The zero-order chi connectivity index (χ0) is 14.7. The molecular weight excluding hydrogens is 368 g/mol. The number of rotatable bonds is 5. The van der Waals surface area contributed by atoms with Crippen molar-refractivity contribution in [1.82, 2.24) is 4.98 Å². The molecule has 3 aromatic rings. The lowest BCUT2D eigenvalue weighted by atomic mass is 10.3. The Kier molecular flexibility index (Phi) is 4.57. The minimum Gasteiger partial charge on any atom is -0.448 e. The molecule has 3 nitrogen and oxygen atoms in total. The van der Waals surface area contributed by atoms with Crippen molar-refractivity contribution < 1.29 is 4.42 Å². The lowest BCUT2D eigenvalue weighted by Gasteiger charge is -1.92. The van der Waals surface area contributed by atoms with E-state index in [9.17, 15) is 0 Å². The van der Waals surface area contributed by atoms with E-state index in [1.807, 2.05) is 36.4 Å². The molecule has 0 aliphatic carbocycles. The van der Waals surface area contributed by atoms with E-state index in [0.717, 1.165) is 26.0 Å². The number of aromatic nitrogens is 1. The fraction of sp³-hybridized carbons (Fsp3) is 0.0667. The van der Waals surface area contributed by atoms with Crippen LogP contribution in [0.3, 0.4) is 0 Å². The van der Waals surface area contributed by atoms with Crippen LogP contribution in [0.4, 0.5) is 5.69 Å². The molecule has 0 unspecified atom stereocenters. The van der Waals surface area contributed by atoms with E-state index in [2.05, 4.69) is 32.5 Å². The van der Waals surface area contributed by atoms with Crippen molar-refractivity contribution in [2.45, 2.75) is 4.34 Å². The van der Waals surface area contributed by atoms with Crippen molar-refractivity contribution in [3.8, 4) is 0 Å². The number of halogens is 1. The molecule has 2 heterocycles. The van der Waals surface area contributed by atoms with Gasteiger partial charge in [-0.05, 0) is 46.3 Å². The van der Waals surface area contributed by atoms with Crippen LogP contribution < -0.4 is 0 Å². The molecule has 0 N–H and O–H groups in total. The first-order valence-corrected chi connectivity index (χ1v) is 8.78. The Hall–Kier alpha value is -1.37. The molecular formula is C15H11BrN2OS2. The molecule has 2 aromatic heterocycles. The second kappa shape index (κ2) is 6.60. The molecule has 0 atom stereocenters. The summed E-state index contributed by atoms with van der Waals surface area (Å²) < 4.78 is 8.28. The van der Waals surface area contributed by atoms with Crippen LogP contribution in [-0.4, -0.2) is 17.0 Å². The maximum atomic E-state index is 5.39. The number of thioether (sulfide) groups is 1. The summed E-state index contributed by atoms with van der Waals surface area (Å²) in [5.74, 6) is 1.59. The SMILES string of the molecule is C=CCSc1nc2ccc(N=Cc3ccc(Br)o3)cc2s1. The molecule has 0 bridgehead atoms. The number of thiazole rings is 1. The fourth-order valence-corrected chi connectivity index (χ4v) is 3.88. The molecule has 0 fully saturated rings. The van der Waals surface area contributed by atoms with Gasteiger partial charge in [0.2, 0.25) is 0 Å². The number of hydrogen-bond donors (Lipinski definition) is 0. The van der Waals surface area contributed by atoms with E-state index in [-0.39, 0.29) is 0 Å². The third-order valence-corrected chi connectivity index (χ3v) is 5.20. The Morgan fingerprint density at radius 1 is 1.38 bits per heavy atom. The Labute approximate surface area is 138 Å². The van der Waals surface area contributed by atoms with Crippen molar-refractivity contribution in [3.05, 3.63) is 53.4 Å². The Balaban J connectivity index is 1.83. The maximum Gasteiger partial charge on any atom is 0.169 e. The van der Waals surface area contributed by atoms with E-state index in [1.165, 1.54) is 0 Å². The minimum absolute atomic E-state index is 0.700. The van der Waals surface area contributed by atoms with E-state index in [0.29, 0.717) is 10.4 Å². The second-order valence-electron chi connectivity index (χ2n) is 4.13. The van der Waals surface area contributed by atoms with Gasteiger partial charge in [0.1, 0.15) is 5.76 Å². The standard InChI is InChI=1S/C15H11BrN2OS2/c1-2-7-20-15-18-12-5-3-10(8-13(12)21-15)17-9-11-4-6-14(16)19-11/h2-6,8-9H,1,7H2. The Morgan fingerprint density at radius 2 is 2.29 bits per heavy atom. The van der Waals surface area contributed by atoms with Crippen LogP contribution in [0.1, 0.15) is 5.76 Å². The quantitative estimate of drug-likeness (QED) is 0.325. The average molecular weight is 379 g/mol. The smallest absolute Gasteiger partial charge is 0.169 e. The van der Waals surface area contributed by atoms with Crippen LogP contribution in [0.5, 0.6) is 0 Å². The van der Waals surface area contributed by atoms with E-state index in [4.69, 9.17) is 4.42 Å². The van der Waals surface area contributed by atoms with Crippen molar-refractivity contribution in [3.63, 3.8) is 0 Å². The summed E-state index contributed by atoms with van der Waals surface area (Å²) in [5, 5.41) is 0. The maximum absolute atomic E-state index is 5.39. The van der Waals surface area contributed by atoms with Gasteiger partial charge in [-0.25, -0.2) is 4.98 Å². The number of benzene rings is 1. The number of hydrogen-bond acceptors (Lipinski definition) is 5. The highest BCUT2D eigenvalue weighted by molar-refractivity contribution is 9.10. The fourth-order valence-electron chi connectivity index (χ4n) is 1.70. The van der Waals surface area contributed by atoms with Gasteiger partial charge >= 0.3 is 0 Å². The summed E-state index contributed by atoms with van der Waals surface area (Å²) in [6.45, 7) is 3.72. The van der Waals surface area contributed by atoms with Crippen molar-refractivity contribution in [2.75, 3.05) is 5.75 Å². The number of fused-ring (bicyclic) bond motifs is 1. The molecule has 0 aliphatic heterocycles.